The molecule has 0 bridgehead atoms. The molecule has 7 nitrogen and oxygen atoms in total. The fourth-order valence-corrected chi connectivity index (χ4v) is 1.12. The maximum atomic E-state index is 11.2. The number of imide groups is 1. The molecule has 3 amide bonds. The Labute approximate surface area is 90.6 Å². The lowest BCUT2D eigenvalue weighted by molar-refractivity contribution is -0.141. The highest BCUT2D eigenvalue weighted by Crippen LogP contribution is 2.02. The molecule has 16 heavy (non-hydrogen) atoms. The van der Waals surface area contributed by atoms with Crippen molar-refractivity contribution < 1.29 is 18.9 Å². The molecule has 0 saturated carbocycles. The minimum absolute atomic E-state index is 0.181. The first-order valence-corrected chi connectivity index (χ1v) is 4.61. The van der Waals surface area contributed by atoms with Crippen LogP contribution in [-0.2, 0) is 9.73 Å². The predicted molar refractivity (Wildman–Crippen MR) is 52.2 cm³/mol. The summed E-state index contributed by atoms with van der Waals surface area (Å²) in [6.45, 7) is 0.181. The van der Waals surface area contributed by atoms with Gasteiger partial charge in [-0.15, -0.1) is 5.06 Å². The summed E-state index contributed by atoms with van der Waals surface area (Å²) in [5.74, 6) is 0.188. The van der Waals surface area contributed by atoms with E-state index in [0.29, 0.717) is 5.76 Å². The van der Waals surface area contributed by atoms with Gasteiger partial charge >= 0.3 is 6.03 Å². The number of hydroxylamine groups is 2. The van der Waals surface area contributed by atoms with Crippen LogP contribution in [0.5, 0.6) is 0 Å². The zero-order valence-corrected chi connectivity index (χ0v) is 8.25. The van der Waals surface area contributed by atoms with E-state index in [-0.39, 0.29) is 18.9 Å². The van der Waals surface area contributed by atoms with Gasteiger partial charge in [0.1, 0.15) is 12.0 Å². The largest absolute Gasteiger partial charge is 0.463 e. The van der Waals surface area contributed by atoms with Gasteiger partial charge in [0.15, 0.2) is 0 Å². The van der Waals surface area contributed by atoms with Crippen molar-refractivity contribution >= 4 is 18.2 Å². The minimum Gasteiger partial charge on any atom is -0.463 e. The van der Waals surface area contributed by atoms with Crippen molar-refractivity contribution in [2.75, 3.05) is 6.54 Å². The third-order valence-corrected chi connectivity index (χ3v) is 1.88. The first-order chi connectivity index (χ1) is 7.75. The number of furan rings is 1. The smallest absolute Gasteiger partial charge is 0.359 e. The van der Waals surface area contributed by atoms with Gasteiger partial charge in [0.25, 0.3) is 0 Å². The summed E-state index contributed by atoms with van der Waals surface area (Å²) < 4.78 is 4.96. The van der Waals surface area contributed by atoms with Crippen molar-refractivity contribution in [2.45, 2.75) is 6.42 Å². The Morgan fingerprint density at radius 3 is 3.12 bits per heavy atom. The molecule has 2 heterocycles. The Kier molecular flexibility index (Phi) is 2.86. The molecule has 2 rings (SSSR count). The quantitative estimate of drug-likeness (QED) is 0.596. The Morgan fingerprint density at radius 2 is 2.44 bits per heavy atom. The zero-order valence-electron chi connectivity index (χ0n) is 8.25. The average molecular weight is 223 g/mol. The normalized spacial score (nSPS) is 16.6. The third-order valence-electron chi connectivity index (χ3n) is 1.88. The van der Waals surface area contributed by atoms with Crippen LogP contribution in [0.4, 0.5) is 4.79 Å². The van der Waals surface area contributed by atoms with Gasteiger partial charge in [-0.3, -0.25) is 15.0 Å². The van der Waals surface area contributed by atoms with E-state index in [1.54, 1.807) is 12.1 Å². The molecule has 1 N–H and O–H groups in total. The predicted octanol–water partition coefficient (Wildman–Crippen LogP) is 0.487. The highest BCUT2D eigenvalue weighted by molar-refractivity contribution is 5.96. The van der Waals surface area contributed by atoms with Crippen LogP contribution >= 0.6 is 0 Å². The zero-order chi connectivity index (χ0) is 11.4. The van der Waals surface area contributed by atoms with Crippen molar-refractivity contribution in [1.82, 2.24) is 10.4 Å². The van der Waals surface area contributed by atoms with E-state index in [0.717, 1.165) is 5.06 Å². The lowest BCUT2D eigenvalue weighted by Crippen LogP contribution is -2.48. The molecule has 0 aromatic carbocycles. The van der Waals surface area contributed by atoms with Crippen molar-refractivity contribution in [2.24, 2.45) is 5.16 Å². The first kappa shape index (κ1) is 10.2. The van der Waals surface area contributed by atoms with Crippen LogP contribution in [0.3, 0.4) is 0 Å². The summed E-state index contributed by atoms with van der Waals surface area (Å²) in [7, 11) is 0. The Balaban J connectivity index is 1.86. The number of carbonyl (C=O) groups is 2. The van der Waals surface area contributed by atoms with Crippen LogP contribution in [0, 0.1) is 0 Å². The second-order valence-electron chi connectivity index (χ2n) is 3.04. The van der Waals surface area contributed by atoms with E-state index in [4.69, 9.17) is 9.36 Å². The lowest BCUT2D eigenvalue weighted by atomic mass is 10.3. The van der Waals surface area contributed by atoms with E-state index < -0.39 is 6.03 Å². The van der Waals surface area contributed by atoms with Crippen LogP contribution in [-0.4, -0.2) is 29.8 Å². The van der Waals surface area contributed by atoms with Gasteiger partial charge in [-0.05, 0) is 12.1 Å². The van der Waals surface area contributed by atoms with Crippen LogP contribution in [0.2, 0.25) is 0 Å². The van der Waals surface area contributed by atoms with Crippen LogP contribution in [0.1, 0.15) is 12.2 Å². The van der Waals surface area contributed by atoms with Crippen LogP contribution < -0.4 is 5.32 Å². The lowest BCUT2D eigenvalue weighted by Gasteiger charge is -2.21. The third kappa shape index (κ3) is 2.38. The van der Waals surface area contributed by atoms with E-state index in [2.05, 4.69) is 10.5 Å². The molecule has 0 unspecified atom stereocenters. The fourth-order valence-electron chi connectivity index (χ4n) is 1.12. The number of hydrogen-bond donors (Lipinski definition) is 1. The fraction of sp³-hybridized carbons (Fsp3) is 0.222. The molecular formula is C9H9N3O4. The number of oxime groups is 1. The number of rotatable bonds is 3. The topological polar surface area (TPSA) is 84.1 Å². The monoisotopic (exact) mass is 223 g/mol. The number of hydrogen-bond acceptors (Lipinski definition) is 5. The van der Waals surface area contributed by atoms with E-state index in [1.807, 2.05) is 0 Å². The van der Waals surface area contributed by atoms with E-state index >= 15 is 0 Å². The number of carbonyl (C=O) groups excluding carboxylic acids is 2. The molecule has 7 heteroatoms. The van der Waals surface area contributed by atoms with Crippen molar-refractivity contribution in [1.29, 1.82) is 0 Å². The molecule has 0 spiro atoms. The van der Waals surface area contributed by atoms with E-state index in [1.165, 1.54) is 12.5 Å². The van der Waals surface area contributed by atoms with E-state index in [9.17, 15) is 9.59 Å². The molecule has 1 aromatic heterocycles. The maximum absolute atomic E-state index is 11.2. The molecule has 1 fully saturated rings. The summed E-state index contributed by atoms with van der Waals surface area (Å²) in [6, 6.07) is 2.77. The van der Waals surface area contributed by atoms with Gasteiger partial charge in [0.2, 0.25) is 5.91 Å². The molecule has 0 atom stereocenters. The Bertz CT molecular complexity index is 412. The maximum Gasteiger partial charge on any atom is 0.359 e. The highest BCUT2D eigenvalue weighted by Gasteiger charge is 2.24. The summed E-state index contributed by atoms with van der Waals surface area (Å²) in [6.07, 6.45) is 3.01. The van der Waals surface area contributed by atoms with Crippen LogP contribution in [0.25, 0.3) is 0 Å². The number of amides is 3. The Morgan fingerprint density at radius 1 is 1.56 bits per heavy atom. The second-order valence-corrected chi connectivity index (χ2v) is 3.04. The van der Waals surface area contributed by atoms with Crippen LogP contribution in [0.15, 0.2) is 28.0 Å². The summed E-state index contributed by atoms with van der Waals surface area (Å²) in [4.78, 5) is 26.8. The Hall–Kier alpha value is -2.31. The van der Waals surface area contributed by atoms with Crippen molar-refractivity contribution in [3.63, 3.8) is 0 Å². The number of nitrogens with zero attached hydrogens (tertiary/aromatic N) is 2. The van der Waals surface area contributed by atoms with Gasteiger partial charge in [0.05, 0.1) is 12.8 Å². The van der Waals surface area contributed by atoms with Gasteiger partial charge in [-0.1, -0.05) is 5.16 Å². The first-order valence-electron chi connectivity index (χ1n) is 4.61. The number of urea groups is 1. The summed E-state index contributed by atoms with van der Waals surface area (Å²) in [5, 5.41) is 6.61. The molecule has 1 aromatic rings. The van der Waals surface area contributed by atoms with Crippen molar-refractivity contribution in [3.8, 4) is 0 Å². The molecule has 84 valence electrons. The second kappa shape index (κ2) is 4.47. The van der Waals surface area contributed by atoms with Gasteiger partial charge in [-0.25, -0.2) is 4.79 Å². The average Bonchev–Trinajstić information content (AvgIpc) is 2.74. The highest BCUT2D eigenvalue weighted by atomic mass is 16.8. The summed E-state index contributed by atoms with van der Waals surface area (Å²) >= 11 is 0. The molecule has 1 saturated heterocycles. The molecular weight excluding hydrogens is 214 g/mol. The SMILES string of the molecule is O=C1CCN(O/N=C/c2ccco2)C(=O)N1. The van der Waals surface area contributed by atoms with Gasteiger partial charge in [0, 0.05) is 6.42 Å². The standard InChI is InChI=1S/C9H9N3O4/c13-8-3-4-12(9(14)11-8)16-10-6-7-2-1-5-15-7/h1-2,5-6H,3-4H2,(H,11,13,14)/b10-6+. The summed E-state index contributed by atoms with van der Waals surface area (Å²) in [5.41, 5.74) is 0. The molecule has 1 aliphatic rings. The van der Waals surface area contributed by atoms with Gasteiger partial charge < -0.3 is 4.42 Å². The molecule has 1 aliphatic heterocycles. The molecule has 0 radical (unpaired) electrons. The molecule has 0 aliphatic carbocycles. The van der Waals surface area contributed by atoms with Crippen molar-refractivity contribution in [3.05, 3.63) is 24.2 Å². The minimum atomic E-state index is -0.618. The number of nitrogens with one attached hydrogen (secondary N) is 1. The van der Waals surface area contributed by atoms with Gasteiger partial charge in [-0.2, -0.15) is 0 Å².